The van der Waals surface area contributed by atoms with Crippen molar-refractivity contribution in [2.24, 2.45) is 0 Å². The summed E-state index contributed by atoms with van der Waals surface area (Å²) in [5.41, 5.74) is -0.149. The molecule has 0 saturated carbocycles. The van der Waals surface area contributed by atoms with Crippen LogP contribution in [0.25, 0.3) is 0 Å². The lowest BCUT2D eigenvalue weighted by Gasteiger charge is -2.12. The summed E-state index contributed by atoms with van der Waals surface area (Å²) < 4.78 is 22.6. The van der Waals surface area contributed by atoms with E-state index in [2.05, 4.69) is 4.74 Å². The van der Waals surface area contributed by atoms with E-state index >= 15 is 0 Å². The molecule has 1 aromatic rings. The average Bonchev–Trinajstić information content (AvgIpc) is 2.29. The molecule has 5 heteroatoms. The van der Waals surface area contributed by atoms with Crippen LogP contribution in [0.1, 0.15) is 23.7 Å². The molecular weight excluding hydrogens is 227 g/mol. The minimum atomic E-state index is -0.792. The summed E-state index contributed by atoms with van der Waals surface area (Å²) in [6.45, 7) is 1.54. The van der Waals surface area contributed by atoms with E-state index in [0.29, 0.717) is 0 Å². The van der Waals surface area contributed by atoms with Crippen LogP contribution in [-0.4, -0.2) is 25.2 Å². The van der Waals surface area contributed by atoms with Crippen LogP contribution in [0.3, 0.4) is 0 Å². The largest absolute Gasteiger partial charge is 0.469 e. The summed E-state index contributed by atoms with van der Waals surface area (Å²) in [5.74, 6) is -1.93. The lowest BCUT2D eigenvalue weighted by atomic mass is 10.2. The molecule has 0 spiro atoms. The highest BCUT2D eigenvalue weighted by Crippen LogP contribution is 2.10. The molecule has 1 aromatic carbocycles. The molecular formula is C12H13FO4. The Bertz CT molecular complexity index is 417. The molecule has 0 unspecified atom stereocenters. The van der Waals surface area contributed by atoms with E-state index in [4.69, 9.17) is 4.74 Å². The second-order valence-corrected chi connectivity index (χ2v) is 3.48. The average molecular weight is 240 g/mol. The Balaban J connectivity index is 2.61. The summed E-state index contributed by atoms with van der Waals surface area (Å²) in [4.78, 5) is 22.5. The normalized spacial score (nSPS) is 11.7. The number of rotatable bonds is 4. The topological polar surface area (TPSA) is 52.6 Å². The van der Waals surface area contributed by atoms with Crippen molar-refractivity contribution in [3.63, 3.8) is 0 Å². The highest BCUT2D eigenvalue weighted by atomic mass is 19.1. The zero-order valence-corrected chi connectivity index (χ0v) is 9.60. The molecule has 17 heavy (non-hydrogen) atoms. The highest BCUT2D eigenvalue weighted by Gasteiger charge is 2.17. The molecule has 1 atom stereocenters. The lowest BCUT2D eigenvalue weighted by Crippen LogP contribution is -2.20. The standard InChI is InChI=1S/C12H13FO4/c1-8(7-11(14)16-2)17-12(15)9-5-3-4-6-10(9)13/h3-6,8H,7H2,1-2H3/t8-/m1/s1. The van der Waals surface area contributed by atoms with Crippen LogP contribution < -0.4 is 0 Å². The maximum atomic E-state index is 13.2. The van der Waals surface area contributed by atoms with Crippen LogP contribution in [-0.2, 0) is 14.3 Å². The number of carbonyl (C=O) groups excluding carboxylic acids is 2. The number of carbonyl (C=O) groups is 2. The third-order valence-electron chi connectivity index (χ3n) is 2.08. The van der Waals surface area contributed by atoms with Crippen LogP contribution in [0.15, 0.2) is 24.3 Å². The number of hydrogen-bond acceptors (Lipinski definition) is 4. The van der Waals surface area contributed by atoms with Crippen molar-refractivity contribution in [2.45, 2.75) is 19.4 Å². The highest BCUT2D eigenvalue weighted by molar-refractivity contribution is 5.89. The Morgan fingerprint density at radius 2 is 2.00 bits per heavy atom. The molecule has 0 aliphatic heterocycles. The SMILES string of the molecule is COC(=O)C[C@@H](C)OC(=O)c1ccccc1F. The minimum absolute atomic E-state index is 0.0588. The number of esters is 2. The van der Waals surface area contributed by atoms with Crippen molar-refractivity contribution in [3.8, 4) is 0 Å². The third-order valence-corrected chi connectivity index (χ3v) is 2.08. The van der Waals surface area contributed by atoms with Gasteiger partial charge in [0.05, 0.1) is 19.1 Å². The van der Waals surface area contributed by atoms with Crippen LogP contribution >= 0.6 is 0 Å². The van der Waals surface area contributed by atoms with Crippen molar-refractivity contribution in [1.29, 1.82) is 0 Å². The van der Waals surface area contributed by atoms with Crippen molar-refractivity contribution in [2.75, 3.05) is 7.11 Å². The zero-order valence-electron chi connectivity index (χ0n) is 9.60. The number of benzene rings is 1. The first-order valence-electron chi connectivity index (χ1n) is 5.07. The molecule has 0 amide bonds. The van der Waals surface area contributed by atoms with Gasteiger partial charge in [0.15, 0.2) is 0 Å². The van der Waals surface area contributed by atoms with Gasteiger partial charge in [-0.05, 0) is 19.1 Å². The molecule has 0 radical (unpaired) electrons. The number of halogens is 1. The first-order chi connectivity index (χ1) is 8.04. The second-order valence-electron chi connectivity index (χ2n) is 3.48. The molecule has 0 fully saturated rings. The Labute approximate surface area is 98.3 Å². The fraction of sp³-hybridized carbons (Fsp3) is 0.333. The third kappa shape index (κ3) is 3.86. The quantitative estimate of drug-likeness (QED) is 0.754. The smallest absolute Gasteiger partial charge is 0.341 e. The van der Waals surface area contributed by atoms with E-state index in [0.717, 1.165) is 0 Å². The predicted molar refractivity (Wildman–Crippen MR) is 57.9 cm³/mol. The minimum Gasteiger partial charge on any atom is -0.469 e. The summed E-state index contributed by atoms with van der Waals surface area (Å²) >= 11 is 0. The predicted octanol–water partition coefficient (Wildman–Crippen LogP) is 1.93. The van der Waals surface area contributed by atoms with E-state index in [1.807, 2.05) is 0 Å². The van der Waals surface area contributed by atoms with Gasteiger partial charge in [-0.1, -0.05) is 12.1 Å². The number of ether oxygens (including phenoxy) is 2. The van der Waals surface area contributed by atoms with Gasteiger partial charge in [0, 0.05) is 0 Å². The van der Waals surface area contributed by atoms with E-state index in [1.54, 1.807) is 0 Å². The second kappa shape index (κ2) is 5.98. The van der Waals surface area contributed by atoms with E-state index in [1.165, 1.54) is 38.3 Å². The molecule has 0 N–H and O–H groups in total. The zero-order chi connectivity index (χ0) is 12.8. The molecule has 4 nitrogen and oxygen atoms in total. The molecule has 92 valence electrons. The maximum absolute atomic E-state index is 13.2. The monoisotopic (exact) mass is 240 g/mol. The van der Waals surface area contributed by atoms with Gasteiger partial charge in [0.2, 0.25) is 0 Å². The Morgan fingerprint density at radius 1 is 1.35 bits per heavy atom. The first kappa shape index (κ1) is 13.2. The molecule has 0 aliphatic rings. The summed E-state index contributed by atoms with van der Waals surface area (Å²) in [6, 6.07) is 5.50. The van der Waals surface area contributed by atoms with E-state index < -0.39 is 23.9 Å². The van der Waals surface area contributed by atoms with Gasteiger partial charge in [-0.15, -0.1) is 0 Å². The maximum Gasteiger partial charge on any atom is 0.341 e. The van der Waals surface area contributed by atoms with Gasteiger partial charge in [0.25, 0.3) is 0 Å². The molecule has 0 aliphatic carbocycles. The first-order valence-corrected chi connectivity index (χ1v) is 5.07. The molecule has 0 heterocycles. The fourth-order valence-electron chi connectivity index (χ4n) is 1.23. The Hall–Kier alpha value is -1.91. The number of hydrogen-bond donors (Lipinski definition) is 0. The lowest BCUT2D eigenvalue weighted by molar-refractivity contribution is -0.142. The molecule has 1 rings (SSSR count). The number of methoxy groups -OCH3 is 1. The van der Waals surface area contributed by atoms with Crippen LogP contribution in [0.5, 0.6) is 0 Å². The summed E-state index contributed by atoms with van der Waals surface area (Å²) in [6.07, 6.45) is -0.717. The van der Waals surface area contributed by atoms with Gasteiger partial charge in [-0.25, -0.2) is 9.18 Å². The molecule has 0 aromatic heterocycles. The van der Waals surface area contributed by atoms with Crippen LogP contribution in [0.4, 0.5) is 4.39 Å². The van der Waals surface area contributed by atoms with Crippen molar-refractivity contribution < 1.29 is 23.5 Å². The van der Waals surface area contributed by atoms with E-state index in [-0.39, 0.29) is 12.0 Å². The summed E-state index contributed by atoms with van der Waals surface area (Å²) in [7, 11) is 1.24. The van der Waals surface area contributed by atoms with Gasteiger partial charge in [-0.3, -0.25) is 4.79 Å². The van der Waals surface area contributed by atoms with Gasteiger partial charge in [0.1, 0.15) is 11.9 Å². The fourth-order valence-corrected chi connectivity index (χ4v) is 1.23. The van der Waals surface area contributed by atoms with E-state index in [9.17, 15) is 14.0 Å². The Kier molecular flexibility index (Phi) is 4.63. The van der Waals surface area contributed by atoms with Gasteiger partial charge in [-0.2, -0.15) is 0 Å². The van der Waals surface area contributed by atoms with Crippen molar-refractivity contribution in [1.82, 2.24) is 0 Å². The molecule has 0 bridgehead atoms. The Morgan fingerprint density at radius 3 is 2.59 bits per heavy atom. The summed E-state index contributed by atoms with van der Waals surface area (Å²) in [5, 5.41) is 0. The van der Waals surface area contributed by atoms with Gasteiger partial charge >= 0.3 is 11.9 Å². The van der Waals surface area contributed by atoms with Crippen LogP contribution in [0.2, 0.25) is 0 Å². The van der Waals surface area contributed by atoms with Gasteiger partial charge < -0.3 is 9.47 Å². The van der Waals surface area contributed by atoms with Crippen LogP contribution in [0, 0.1) is 5.82 Å². The molecule has 0 saturated heterocycles. The van der Waals surface area contributed by atoms with Crippen molar-refractivity contribution in [3.05, 3.63) is 35.6 Å². The van der Waals surface area contributed by atoms with Crippen molar-refractivity contribution >= 4 is 11.9 Å².